The first-order chi connectivity index (χ1) is 9.56. The van der Waals surface area contributed by atoms with Crippen LogP contribution in [0, 0.1) is 5.92 Å². The van der Waals surface area contributed by atoms with Crippen molar-refractivity contribution >= 4 is 22.9 Å². The molecule has 0 saturated heterocycles. The topological polar surface area (TPSA) is 95.1 Å². The molecule has 6 nitrogen and oxygen atoms in total. The van der Waals surface area contributed by atoms with E-state index in [0.29, 0.717) is 6.42 Å². The van der Waals surface area contributed by atoms with Gasteiger partial charge in [0.25, 0.3) is 0 Å². The van der Waals surface area contributed by atoms with Gasteiger partial charge in [0.05, 0.1) is 17.0 Å². The molecule has 6 heteroatoms. The first kappa shape index (κ1) is 14.0. The van der Waals surface area contributed by atoms with E-state index in [4.69, 9.17) is 5.11 Å². The lowest BCUT2D eigenvalue weighted by Crippen LogP contribution is -2.31. The molecular weight excluding hydrogens is 258 g/mol. The van der Waals surface area contributed by atoms with Crippen molar-refractivity contribution in [2.75, 3.05) is 6.54 Å². The van der Waals surface area contributed by atoms with E-state index >= 15 is 0 Å². The number of aromatic amines is 1. The molecule has 1 amide bonds. The van der Waals surface area contributed by atoms with Crippen molar-refractivity contribution < 1.29 is 14.7 Å². The van der Waals surface area contributed by atoms with Gasteiger partial charge in [-0.2, -0.15) is 0 Å². The van der Waals surface area contributed by atoms with Gasteiger partial charge in [0.1, 0.15) is 5.82 Å². The number of carbonyl (C=O) groups is 2. The van der Waals surface area contributed by atoms with Gasteiger partial charge in [0, 0.05) is 19.4 Å². The first-order valence-corrected chi connectivity index (χ1v) is 6.49. The summed E-state index contributed by atoms with van der Waals surface area (Å²) in [5.74, 6) is -0.904. The number of aryl methyl sites for hydroxylation is 1. The minimum absolute atomic E-state index is 0.147. The van der Waals surface area contributed by atoms with Crippen molar-refractivity contribution in [3.8, 4) is 0 Å². The molecule has 0 aliphatic rings. The summed E-state index contributed by atoms with van der Waals surface area (Å²) >= 11 is 0. The molecule has 1 aromatic heterocycles. The Kier molecular flexibility index (Phi) is 4.34. The third kappa shape index (κ3) is 3.57. The minimum atomic E-state index is -0.914. The fourth-order valence-electron chi connectivity index (χ4n) is 1.80. The average molecular weight is 275 g/mol. The minimum Gasteiger partial charge on any atom is -0.481 e. The van der Waals surface area contributed by atoms with Gasteiger partial charge in [-0.25, -0.2) is 4.98 Å². The zero-order valence-corrected chi connectivity index (χ0v) is 11.2. The number of rotatable bonds is 6. The van der Waals surface area contributed by atoms with Crippen LogP contribution in [0.15, 0.2) is 24.3 Å². The Morgan fingerprint density at radius 1 is 1.40 bits per heavy atom. The zero-order valence-electron chi connectivity index (χ0n) is 11.2. The molecule has 1 atom stereocenters. The summed E-state index contributed by atoms with van der Waals surface area (Å²) in [5, 5.41) is 11.3. The molecule has 20 heavy (non-hydrogen) atoms. The maximum atomic E-state index is 11.6. The van der Waals surface area contributed by atoms with Crippen molar-refractivity contribution in [2.24, 2.45) is 5.92 Å². The Hall–Kier alpha value is -2.37. The fraction of sp³-hybridized carbons (Fsp3) is 0.357. The SMILES string of the molecule is CC(CNC(=O)CCc1nc2ccccc2[nH]1)C(=O)O. The van der Waals surface area contributed by atoms with E-state index in [0.717, 1.165) is 16.9 Å². The summed E-state index contributed by atoms with van der Waals surface area (Å²) in [5.41, 5.74) is 1.82. The highest BCUT2D eigenvalue weighted by atomic mass is 16.4. The predicted octanol–water partition coefficient (Wildman–Crippen LogP) is 1.33. The number of H-pyrrole nitrogens is 1. The Balaban J connectivity index is 1.82. The fourth-order valence-corrected chi connectivity index (χ4v) is 1.80. The van der Waals surface area contributed by atoms with Crippen LogP contribution in [0.5, 0.6) is 0 Å². The number of benzene rings is 1. The summed E-state index contributed by atoms with van der Waals surface area (Å²) in [4.78, 5) is 29.8. The average Bonchev–Trinajstić information content (AvgIpc) is 2.85. The second kappa shape index (κ2) is 6.18. The lowest BCUT2D eigenvalue weighted by Gasteiger charge is -2.07. The van der Waals surface area contributed by atoms with Crippen LogP contribution in [0.3, 0.4) is 0 Å². The van der Waals surface area contributed by atoms with Crippen molar-refractivity contribution in [3.05, 3.63) is 30.1 Å². The molecule has 2 rings (SSSR count). The van der Waals surface area contributed by atoms with Gasteiger partial charge in [-0.1, -0.05) is 19.1 Å². The first-order valence-electron chi connectivity index (χ1n) is 6.49. The van der Waals surface area contributed by atoms with Gasteiger partial charge in [0.15, 0.2) is 0 Å². The van der Waals surface area contributed by atoms with Crippen molar-refractivity contribution in [2.45, 2.75) is 19.8 Å². The number of hydrogen-bond donors (Lipinski definition) is 3. The number of fused-ring (bicyclic) bond motifs is 1. The monoisotopic (exact) mass is 275 g/mol. The summed E-state index contributed by atoms with van der Waals surface area (Å²) in [7, 11) is 0. The van der Waals surface area contributed by atoms with E-state index in [9.17, 15) is 9.59 Å². The number of carboxylic acid groups (broad SMARTS) is 1. The largest absolute Gasteiger partial charge is 0.481 e. The van der Waals surface area contributed by atoms with Crippen molar-refractivity contribution in [1.82, 2.24) is 15.3 Å². The highest BCUT2D eigenvalue weighted by Gasteiger charge is 2.12. The van der Waals surface area contributed by atoms with E-state index in [1.165, 1.54) is 0 Å². The maximum Gasteiger partial charge on any atom is 0.308 e. The van der Waals surface area contributed by atoms with Crippen molar-refractivity contribution in [3.63, 3.8) is 0 Å². The number of carboxylic acids is 1. The van der Waals surface area contributed by atoms with Crippen molar-refractivity contribution in [1.29, 1.82) is 0 Å². The number of carbonyl (C=O) groups excluding carboxylic acids is 1. The molecule has 0 bridgehead atoms. The summed E-state index contributed by atoms with van der Waals surface area (Å²) in [6, 6.07) is 7.67. The number of nitrogens with zero attached hydrogens (tertiary/aromatic N) is 1. The maximum absolute atomic E-state index is 11.6. The smallest absolute Gasteiger partial charge is 0.308 e. The molecular formula is C14H17N3O3. The van der Waals surface area contributed by atoms with Crippen LogP contribution in [0.4, 0.5) is 0 Å². The van der Waals surface area contributed by atoms with Gasteiger partial charge >= 0.3 is 5.97 Å². The third-order valence-corrected chi connectivity index (χ3v) is 3.05. The highest BCUT2D eigenvalue weighted by molar-refractivity contribution is 5.78. The van der Waals surface area contributed by atoms with Crippen LogP contribution in [0.1, 0.15) is 19.2 Å². The van der Waals surface area contributed by atoms with Crippen LogP contribution < -0.4 is 5.32 Å². The number of hydrogen-bond acceptors (Lipinski definition) is 3. The van der Waals surface area contributed by atoms with Crippen LogP contribution in [-0.4, -0.2) is 33.5 Å². The molecule has 0 radical (unpaired) electrons. The second-order valence-corrected chi connectivity index (χ2v) is 4.74. The Labute approximate surface area is 116 Å². The van der Waals surface area contributed by atoms with E-state index in [2.05, 4.69) is 15.3 Å². The van der Waals surface area contributed by atoms with Gasteiger partial charge in [-0.15, -0.1) is 0 Å². The van der Waals surface area contributed by atoms with E-state index in [1.807, 2.05) is 24.3 Å². The Morgan fingerprint density at radius 3 is 2.85 bits per heavy atom. The number of para-hydroxylation sites is 2. The van der Waals surface area contributed by atoms with Crippen LogP contribution in [-0.2, 0) is 16.0 Å². The second-order valence-electron chi connectivity index (χ2n) is 4.74. The number of aromatic nitrogens is 2. The quantitative estimate of drug-likeness (QED) is 0.741. The number of amides is 1. The molecule has 106 valence electrons. The number of nitrogens with one attached hydrogen (secondary N) is 2. The summed E-state index contributed by atoms with van der Waals surface area (Å²) in [6.45, 7) is 1.70. The van der Waals surface area contributed by atoms with Crippen LogP contribution in [0.2, 0.25) is 0 Å². The van der Waals surface area contributed by atoms with E-state index < -0.39 is 11.9 Å². The lowest BCUT2D eigenvalue weighted by molar-refractivity contribution is -0.141. The third-order valence-electron chi connectivity index (χ3n) is 3.05. The molecule has 1 aromatic carbocycles. The lowest BCUT2D eigenvalue weighted by atomic mass is 10.2. The standard InChI is InChI=1S/C14H17N3O3/c1-9(14(19)20)8-15-13(18)7-6-12-16-10-4-2-3-5-11(10)17-12/h2-5,9H,6-8H2,1H3,(H,15,18)(H,16,17)(H,19,20). The van der Waals surface area contributed by atoms with Gasteiger partial charge in [0.2, 0.25) is 5.91 Å². The zero-order chi connectivity index (χ0) is 14.5. The normalized spacial score (nSPS) is 12.2. The number of aliphatic carboxylic acids is 1. The molecule has 3 N–H and O–H groups in total. The Morgan fingerprint density at radius 2 is 2.15 bits per heavy atom. The molecule has 2 aromatic rings. The molecule has 0 spiro atoms. The summed E-state index contributed by atoms with van der Waals surface area (Å²) < 4.78 is 0. The Bertz CT molecular complexity index is 588. The van der Waals surface area contributed by atoms with Gasteiger partial charge < -0.3 is 15.4 Å². The molecule has 1 heterocycles. The highest BCUT2D eigenvalue weighted by Crippen LogP contribution is 2.11. The molecule has 0 aliphatic carbocycles. The van der Waals surface area contributed by atoms with Crippen LogP contribution >= 0.6 is 0 Å². The molecule has 1 unspecified atom stereocenters. The molecule has 0 fully saturated rings. The van der Waals surface area contributed by atoms with Crippen LogP contribution in [0.25, 0.3) is 11.0 Å². The van der Waals surface area contributed by atoms with E-state index in [1.54, 1.807) is 6.92 Å². The molecule has 0 aliphatic heterocycles. The van der Waals surface area contributed by atoms with E-state index in [-0.39, 0.29) is 18.9 Å². The summed E-state index contributed by atoms with van der Waals surface area (Å²) in [6.07, 6.45) is 0.786. The number of imidazole rings is 1. The predicted molar refractivity (Wildman–Crippen MR) is 74.2 cm³/mol. The molecule has 0 saturated carbocycles. The van der Waals surface area contributed by atoms with Gasteiger partial charge in [-0.3, -0.25) is 9.59 Å². The van der Waals surface area contributed by atoms with Gasteiger partial charge in [-0.05, 0) is 12.1 Å².